The van der Waals surface area contributed by atoms with Gasteiger partial charge < -0.3 is 33.8 Å². The van der Waals surface area contributed by atoms with Gasteiger partial charge in [0.2, 0.25) is 0 Å². The van der Waals surface area contributed by atoms with Crippen LogP contribution in [0.1, 0.15) is 330 Å². The Morgan fingerprint density at radius 2 is 0.565 bits per heavy atom. The molecule has 0 aromatic rings. The third kappa shape index (κ3) is 58.2. The van der Waals surface area contributed by atoms with Crippen molar-refractivity contribution in [3.63, 3.8) is 0 Å². The first-order valence-corrected chi connectivity index (χ1v) is 37.6. The van der Waals surface area contributed by atoms with Crippen LogP contribution in [0.15, 0.2) is 0 Å². The zero-order valence-corrected chi connectivity index (χ0v) is 56.7. The molecule has 0 heterocycles. The van der Waals surface area contributed by atoms with Crippen LogP contribution in [0.2, 0.25) is 0 Å². The molecule has 3 N–H and O–H groups in total. The van der Waals surface area contributed by atoms with Gasteiger partial charge in [0.05, 0.1) is 26.4 Å². The third-order valence-electron chi connectivity index (χ3n) is 15.9. The van der Waals surface area contributed by atoms with Crippen molar-refractivity contribution in [2.24, 2.45) is 11.8 Å². The minimum absolute atomic E-state index is 0.102. The summed E-state index contributed by atoms with van der Waals surface area (Å²) in [7, 11) is -9.88. The highest BCUT2D eigenvalue weighted by atomic mass is 31.2. The second-order valence-corrected chi connectivity index (χ2v) is 27.2. The average Bonchev–Trinajstić information content (AvgIpc) is 3.56. The van der Waals surface area contributed by atoms with Crippen LogP contribution in [0.5, 0.6) is 0 Å². The largest absolute Gasteiger partial charge is 0.472 e. The number of carbonyl (C=O) groups is 4. The lowest BCUT2D eigenvalue weighted by atomic mass is 9.99. The number of hydrogen-bond acceptors (Lipinski definition) is 15. The van der Waals surface area contributed by atoms with E-state index in [1.54, 1.807) is 0 Å². The van der Waals surface area contributed by atoms with E-state index in [9.17, 15) is 43.2 Å². The lowest BCUT2D eigenvalue weighted by molar-refractivity contribution is -0.161. The quantitative estimate of drug-likeness (QED) is 0.0222. The highest BCUT2D eigenvalue weighted by Gasteiger charge is 2.30. The summed E-state index contributed by atoms with van der Waals surface area (Å²) in [6.07, 6.45) is 42.1. The first-order chi connectivity index (χ1) is 40.9. The molecule has 17 nitrogen and oxygen atoms in total. The number of rotatable bonds is 65. The lowest BCUT2D eigenvalue weighted by Crippen LogP contribution is -2.30. The molecular weight excluding hydrogens is 1130 g/mol. The van der Waals surface area contributed by atoms with Crippen LogP contribution in [-0.2, 0) is 65.4 Å². The predicted molar refractivity (Wildman–Crippen MR) is 340 cm³/mol. The summed E-state index contributed by atoms with van der Waals surface area (Å²) in [5.74, 6) is -0.646. The lowest BCUT2D eigenvalue weighted by Gasteiger charge is -2.21. The van der Waals surface area contributed by atoms with Gasteiger partial charge in [-0.15, -0.1) is 0 Å². The standard InChI is InChI=1S/C66H128O17P2/c1-7-11-13-15-16-17-18-19-20-21-22-23-24-25-26-31-38-44-50-65(70)82-62(55-77-64(69)49-43-37-30-28-27-29-35-40-46-58(5)9-3)57-81-85(74,75)79-53-60(67)52-78-84(72,73)80-56-61(54-76-63(68)48-42-34-14-12-8-2)83-66(71)51-45-39-33-32-36-41-47-59(6)10-4/h58-62,67H,7-57H2,1-6H3,(H,72,73)(H,74,75)/t58?,59?,60-,61+,62+/m0/s1. The molecule has 0 rings (SSSR count). The summed E-state index contributed by atoms with van der Waals surface area (Å²) < 4.78 is 67.9. The molecule has 4 unspecified atom stereocenters. The van der Waals surface area contributed by atoms with Crippen molar-refractivity contribution < 1.29 is 80.2 Å². The van der Waals surface area contributed by atoms with Gasteiger partial charge in [-0.05, 0) is 37.5 Å². The van der Waals surface area contributed by atoms with Gasteiger partial charge in [0.1, 0.15) is 19.3 Å². The van der Waals surface area contributed by atoms with Gasteiger partial charge in [-0.3, -0.25) is 37.3 Å². The van der Waals surface area contributed by atoms with E-state index < -0.39 is 97.5 Å². The second kappa shape index (κ2) is 58.4. The molecule has 504 valence electrons. The summed E-state index contributed by atoms with van der Waals surface area (Å²) in [4.78, 5) is 72.1. The summed E-state index contributed by atoms with van der Waals surface area (Å²) >= 11 is 0. The van der Waals surface area contributed by atoms with Crippen molar-refractivity contribution >= 4 is 39.5 Å². The monoisotopic (exact) mass is 1250 g/mol. The molecule has 0 saturated carbocycles. The van der Waals surface area contributed by atoms with E-state index >= 15 is 0 Å². The maximum atomic E-state index is 13.0. The molecule has 0 fully saturated rings. The number of ether oxygens (including phenoxy) is 4. The van der Waals surface area contributed by atoms with E-state index in [1.807, 2.05) is 0 Å². The van der Waals surface area contributed by atoms with Crippen LogP contribution in [0.25, 0.3) is 0 Å². The molecule has 0 aromatic carbocycles. The number of aliphatic hydroxyl groups excluding tert-OH is 1. The number of phosphoric ester groups is 2. The first-order valence-electron chi connectivity index (χ1n) is 34.6. The second-order valence-electron chi connectivity index (χ2n) is 24.3. The van der Waals surface area contributed by atoms with Gasteiger partial charge in [-0.2, -0.15) is 0 Å². The van der Waals surface area contributed by atoms with Gasteiger partial charge in [0.25, 0.3) is 0 Å². The highest BCUT2D eigenvalue weighted by Crippen LogP contribution is 2.45. The smallest absolute Gasteiger partial charge is 0.462 e. The Bertz CT molecular complexity index is 1670. The molecular formula is C66H128O17P2. The van der Waals surface area contributed by atoms with Crippen LogP contribution in [0.4, 0.5) is 0 Å². The van der Waals surface area contributed by atoms with Gasteiger partial charge >= 0.3 is 39.5 Å². The first kappa shape index (κ1) is 83.1. The maximum absolute atomic E-state index is 13.0. The fourth-order valence-corrected chi connectivity index (χ4v) is 11.4. The minimum atomic E-state index is -4.95. The molecule has 0 aliphatic carbocycles. The van der Waals surface area contributed by atoms with Crippen molar-refractivity contribution in [3.05, 3.63) is 0 Å². The number of hydrogen-bond donors (Lipinski definition) is 3. The summed E-state index contributed by atoms with van der Waals surface area (Å²) in [5.41, 5.74) is 0. The highest BCUT2D eigenvalue weighted by molar-refractivity contribution is 7.47. The molecule has 0 aliphatic heterocycles. The van der Waals surface area contributed by atoms with Crippen molar-refractivity contribution in [3.8, 4) is 0 Å². The fraction of sp³-hybridized carbons (Fsp3) is 0.939. The van der Waals surface area contributed by atoms with E-state index in [2.05, 4.69) is 41.5 Å². The molecule has 0 radical (unpaired) electrons. The van der Waals surface area contributed by atoms with Crippen molar-refractivity contribution in [1.82, 2.24) is 0 Å². The summed E-state index contributed by atoms with van der Waals surface area (Å²) in [6, 6.07) is 0. The zero-order valence-electron chi connectivity index (χ0n) is 54.9. The SMILES string of the molecule is CCCCCCCCCCCCCCCCCCCCC(=O)O[C@H](COC(=O)CCCCCCCCCCC(C)CC)COP(=O)(O)OC[C@@H](O)COP(=O)(O)OC[C@@H](COC(=O)CCCCCCC)OC(=O)CCCCCCCCC(C)CC. The van der Waals surface area contributed by atoms with Crippen molar-refractivity contribution in [2.45, 2.75) is 349 Å². The number of esters is 4. The summed E-state index contributed by atoms with van der Waals surface area (Å²) in [6.45, 7) is 9.38. The molecule has 0 spiro atoms. The predicted octanol–water partition coefficient (Wildman–Crippen LogP) is 18.4. The maximum Gasteiger partial charge on any atom is 0.472 e. The third-order valence-corrected chi connectivity index (χ3v) is 17.8. The van der Waals surface area contributed by atoms with Crippen molar-refractivity contribution in [2.75, 3.05) is 39.6 Å². The molecule has 0 aliphatic rings. The Labute approximate surface area is 517 Å². The number of aliphatic hydroxyl groups is 1. The van der Waals surface area contributed by atoms with Crippen LogP contribution < -0.4 is 0 Å². The average molecular weight is 1260 g/mol. The molecule has 85 heavy (non-hydrogen) atoms. The van der Waals surface area contributed by atoms with E-state index in [-0.39, 0.29) is 25.7 Å². The molecule has 7 atom stereocenters. The number of carbonyl (C=O) groups excluding carboxylic acids is 4. The molecule has 0 bridgehead atoms. The minimum Gasteiger partial charge on any atom is -0.462 e. The van der Waals surface area contributed by atoms with E-state index in [0.29, 0.717) is 25.7 Å². The van der Waals surface area contributed by atoms with E-state index in [1.165, 1.54) is 141 Å². The van der Waals surface area contributed by atoms with Crippen molar-refractivity contribution in [1.29, 1.82) is 0 Å². The van der Waals surface area contributed by atoms with E-state index in [0.717, 1.165) is 108 Å². The Morgan fingerprint density at radius 3 is 0.835 bits per heavy atom. The zero-order chi connectivity index (χ0) is 62.9. The van der Waals surface area contributed by atoms with Crippen LogP contribution in [0, 0.1) is 11.8 Å². The normalized spacial score (nSPS) is 14.9. The molecule has 0 saturated heterocycles. The topological polar surface area (TPSA) is 237 Å². The van der Waals surface area contributed by atoms with Gasteiger partial charge in [0.15, 0.2) is 12.2 Å². The molecule has 0 amide bonds. The summed E-state index contributed by atoms with van der Waals surface area (Å²) in [5, 5.41) is 10.5. The van der Waals surface area contributed by atoms with Gasteiger partial charge in [-0.25, -0.2) is 9.13 Å². The van der Waals surface area contributed by atoms with Gasteiger partial charge in [0, 0.05) is 25.7 Å². The fourth-order valence-electron chi connectivity index (χ4n) is 9.82. The van der Waals surface area contributed by atoms with E-state index in [4.69, 9.17) is 37.0 Å². The number of unbranched alkanes of at least 4 members (excludes halogenated alkanes) is 33. The van der Waals surface area contributed by atoms with Crippen LogP contribution in [0.3, 0.4) is 0 Å². The Morgan fingerprint density at radius 1 is 0.329 bits per heavy atom. The van der Waals surface area contributed by atoms with Gasteiger partial charge in [-0.1, -0.05) is 279 Å². The van der Waals surface area contributed by atoms with Crippen LogP contribution in [-0.4, -0.2) is 96.7 Å². The molecule has 19 heteroatoms. The Hall–Kier alpha value is -1.94. The Kier molecular flexibility index (Phi) is 57.1. The number of phosphoric acid groups is 2. The molecule has 0 aromatic heterocycles. The van der Waals surface area contributed by atoms with Crippen LogP contribution >= 0.6 is 15.6 Å². The Balaban J connectivity index is 5.16.